The van der Waals surface area contributed by atoms with Crippen molar-refractivity contribution in [3.8, 4) is 10.7 Å². The highest BCUT2D eigenvalue weighted by atomic mass is 32.1. The lowest BCUT2D eigenvalue weighted by molar-refractivity contribution is 0.874. The topological polar surface area (TPSA) is 46.0 Å². The molecule has 3 rings (SSSR count). The molecule has 0 aliphatic carbocycles. The summed E-state index contributed by atoms with van der Waals surface area (Å²) in [6, 6.07) is 6.05. The van der Waals surface area contributed by atoms with Crippen LogP contribution >= 0.6 is 34.9 Å². The minimum absolute atomic E-state index is 0.494. The largest absolute Gasteiger partial charge is 0.250 e. The van der Waals surface area contributed by atoms with Crippen LogP contribution in [0.5, 0.6) is 0 Å². The van der Waals surface area contributed by atoms with Crippen molar-refractivity contribution in [2.75, 3.05) is 0 Å². The molecule has 3 aromatic rings. The molecule has 19 heavy (non-hydrogen) atoms. The number of hydrogen-bond acceptors (Lipinski definition) is 5. The SMILES string of the molecule is Cc1ccsc1/C=N\n1c(-c2cccs2)n[nH]c1=S. The van der Waals surface area contributed by atoms with Gasteiger partial charge in [0.25, 0.3) is 0 Å². The third-order valence-corrected chi connectivity index (χ3v) is 4.67. The van der Waals surface area contributed by atoms with Crippen molar-refractivity contribution >= 4 is 41.1 Å². The molecule has 1 N–H and O–H groups in total. The summed E-state index contributed by atoms with van der Waals surface area (Å²) in [5, 5.41) is 15.5. The van der Waals surface area contributed by atoms with Crippen LogP contribution in [0.25, 0.3) is 10.7 Å². The first-order valence-electron chi connectivity index (χ1n) is 5.55. The van der Waals surface area contributed by atoms with Crippen LogP contribution in [0.15, 0.2) is 34.1 Å². The molecular formula is C12H10N4S3. The average Bonchev–Trinajstić information content (AvgIpc) is 3.09. The van der Waals surface area contributed by atoms with E-state index < -0.39 is 0 Å². The lowest BCUT2D eigenvalue weighted by atomic mass is 10.3. The van der Waals surface area contributed by atoms with E-state index >= 15 is 0 Å². The highest BCUT2D eigenvalue weighted by Gasteiger charge is 2.08. The zero-order valence-corrected chi connectivity index (χ0v) is 12.5. The van der Waals surface area contributed by atoms with Gasteiger partial charge in [0.15, 0.2) is 5.82 Å². The third kappa shape index (κ3) is 2.44. The molecule has 3 aromatic heterocycles. The van der Waals surface area contributed by atoms with Crippen molar-refractivity contribution in [2.45, 2.75) is 6.92 Å². The Morgan fingerprint density at radius 1 is 1.37 bits per heavy atom. The third-order valence-electron chi connectivity index (χ3n) is 2.58. The number of rotatable bonds is 3. The van der Waals surface area contributed by atoms with Crippen LogP contribution < -0.4 is 0 Å². The number of nitrogens with zero attached hydrogens (tertiary/aromatic N) is 3. The van der Waals surface area contributed by atoms with Gasteiger partial charge < -0.3 is 0 Å². The Morgan fingerprint density at radius 3 is 2.95 bits per heavy atom. The summed E-state index contributed by atoms with van der Waals surface area (Å²) in [6.45, 7) is 2.06. The number of nitrogens with one attached hydrogen (secondary N) is 1. The van der Waals surface area contributed by atoms with Gasteiger partial charge in [0, 0.05) is 0 Å². The molecule has 0 saturated carbocycles. The van der Waals surface area contributed by atoms with Crippen molar-refractivity contribution in [1.82, 2.24) is 14.9 Å². The summed E-state index contributed by atoms with van der Waals surface area (Å²) in [4.78, 5) is 2.16. The maximum Gasteiger partial charge on any atom is 0.216 e. The van der Waals surface area contributed by atoms with Crippen LogP contribution in [0.4, 0.5) is 0 Å². The van der Waals surface area contributed by atoms with Gasteiger partial charge in [0.1, 0.15) is 0 Å². The molecule has 0 fully saturated rings. The summed E-state index contributed by atoms with van der Waals surface area (Å²) in [7, 11) is 0. The van der Waals surface area contributed by atoms with Gasteiger partial charge in [-0.3, -0.25) is 0 Å². The Kier molecular flexibility index (Phi) is 3.41. The normalized spacial score (nSPS) is 11.4. The van der Waals surface area contributed by atoms with E-state index in [1.807, 2.05) is 29.1 Å². The Balaban J connectivity index is 2.02. The van der Waals surface area contributed by atoms with Crippen LogP contribution in [-0.4, -0.2) is 21.1 Å². The van der Waals surface area contributed by atoms with Crippen molar-refractivity contribution < 1.29 is 0 Å². The fraction of sp³-hybridized carbons (Fsp3) is 0.0833. The highest BCUT2D eigenvalue weighted by Crippen LogP contribution is 2.22. The number of hydrogen-bond donors (Lipinski definition) is 1. The van der Waals surface area contributed by atoms with Gasteiger partial charge in [-0.1, -0.05) is 6.07 Å². The zero-order valence-electron chi connectivity index (χ0n) is 10.0. The van der Waals surface area contributed by atoms with E-state index in [1.54, 1.807) is 27.3 Å². The van der Waals surface area contributed by atoms with Gasteiger partial charge in [-0.2, -0.15) is 14.9 Å². The fourth-order valence-corrected chi connectivity index (χ4v) is 3.25. The lowest BCUT2D eigenvalue weighted by Gasteiger charge is -1.97. The summed E-state index contributed by atoms with van der Waals surface area (Å²) < 4.78 is 2.15. The van der Waals surface area contributed by atoms with E-state index in [2.05, 4.69) is 28.3 Å². The molecule has 0 saturated heterocycles. The van der Waals surface area contributed by atoms with Crippen molar-refractivity contribution in [1.29, 1.82) is 0 Å². The maximum absolute atomic E-state index is 5.21. The zero-order chi connectivity index (χ0) is 13.2. The number of thiophene rings is 2. The van der Waals surface area contributed by atoms with Gasteiger partial charge in [-0.15, -0.1) is 22.7 Å². The molecule has 0 bridgehead atoms. The first kappa shape index (κ1) is 12.5. The molecule has 0 aromatic carbocycles. The van der Waals surface area contributed by atoms with Gasteiger partial charge in [-0.25, -0.2) is 5.10 Å². The quantitative estimate of drug-likeness (QED) is 0.589. The predicted octanol–water partition coefficient (Wildman–Crippen LogP) is 3.92. The average molecular weight is 306 g/mol. The molecule has 0 aliphatic heterocycles. The Hall–Kier alpha value is -1.57. The van der Waals surface area contributed by atoms with Crippen LogP contribution in [0.1, 0.15) is 10.4 Å². The van der Waals surface area contributed by atoms with E-state index in [-0.39, 0.29) is 0 Å². The molecule has 0 unspecified atom stereocenters. The number of aryl methyl sites for hydroxylation is 1. The first-order valence-corrected chi connectivity index (χ1v) is 7.72. The van der Waals surface area contributed by atoms with E-state index in [0.29, 0.717) is 4.77 Å². The van der Waals surface area contributed by atoms with E-state index in [1.165, 1.54) is 5.56 Å². The maximum atomic E-state index is 5.21. The van der Waals surface area contributed by atoms with Crippen LogP contribution in [-0.2, 0) is 0 Å². The molecule has 0 atom stereocenters. The van der Waals surface area contributed by atoms with E-state index in [0.717, 1.165) is 15.6 Å². The van der Waals surface area contributed by atoms with E-state index in [4.69, 9.17) is 12.2 Å². The predicted molar refractivity (Wildman–Crippen MR) is 82.8 cm³/mol. The van der Waals surface area contributed by atoms with Gasteiger partial charge in [-0.05, 0) is 47.6 Å². The fourth-order valence-electron chi connectivity index (χ4n) is 1.59. The Morgan fingerprint density at radius 2 is 2.26 bits per heavy atom. The van der Waals surface area contributed by atoms with Crippen LogP contribution in [0.2, 0.25) is 0 Å². The number of aromatic amines is 1. The molecule has 0 amide bonds. The van der Waals surface area contributed by atoms with Crippen molar-refractivity contribution in [2.24, 2.45) is 5.10 Å². The summed E-state index contributed by atoms with van der Waals surface area (Å²) in [5.74, 6) is 0.741. The van der Waals surface area contributed by atoms with E-state index in [9.17, 15) is 0 Å². The van der Waals surface area contributed by atoms with Crippen molar-refractivity contribution in [3.05, 3.63) is 44.2 Å². The monoisotopic (exact) mass is 306 g/mol. The number of aromatic nitrogens is 3. The highest BCUT2D eigenvalue weighted by molar-refractivity contribution is 7.71. The van der Waals surface area contributed by atoms with Gasteiger partial charge >= 0.3 is 0 Å². The molecule has 3 heterocycles. The first-order chi connectivity index (χ1) is 9.25. The Bertz CT molecular complexity index is 761. The summed E-state index contributed by atoms with van der Waals surface area (Å²) >= 11 is 8.48. The second-order valence-electron chi connectivity index (χ2n) is 3.85. The molecule has 0 spiro atoms. The van der Waals surface area contributed by atoms with Crippen LogP contribution in [0.3, 0.4) is 0 Å². The summed E-state index contributed by atoms with van der Waals surface area (Å²) in [5.41, 5.74) is 1.21. The summed E-state index contributed by atoms with van der Waals surface area (Å²) in [6.07, 6.45) is 1.82. The van der Waals surface area contributed by atoms with Gasteiger partial charge in [0.05, 0.1) is 16.0 Å². The molecular weight excluding hydrogens is 296 g/mol. The lowest BCUT2D eigenvalue weighted by Crippen LogP contribution is -1.93. The minimum atomic E-state index is 0.494. The minimum Gasteiger partial charge on any atom is -0.250 e. The molecule has 96 valence electrons. The number of H-pyrrole nitrogens is 1. The van der Waals surface area contributed by atoms with Crippen LogP contribution in [0, 0.1) is 11.7 Å². The standard InChI is InChI=1S/C12H10N4S3/c1-8-4-6-19-10(8)7-13-16-11(14-15-12(16)17)9-3-2-5-18-9/h2-7H,1H3,(H,15,17)/b13-7-. The second kappa shape index (κ2) is 5.20. The molecule has 7 heteroatoms. The molecule has 4 nitrogen and oxygen atoms in total. The second-order valence-corrected chi connectivity index (χ2v) is 6.14. The van der Waals surface area contributed by atoms with Crippen molar-refractivity contribution in [3.63, 3.8) is 0 Å². The Labute approximate surface area is 123 Å². The smallest absolute Gasteiger partial charge is 0.216 e. The van der Waals surface area contributed by atoms with Gasteiger partial charge in [0.2, 0.25) is 4.77 Å². The molecule has 0 aliphatic rings. The molecule has 0 radical (unpaired) electrons.